The van der Waals surface area contributed by atoms with Crippen molar-refractivity contribution in [3.63, 3.8) is 0 Å². The van der Waals surface area contributed by atoms with Crippen LogP contribution in [0.3, 0.4) is 0 Å². The first-order valence-electron chi connectivity index (χ1n) is 14.0. The van der Waals surface area contributed by atoms with Crippen LogP contribution in [0.5, 0.6) is 0 Å². The number of morpholine rings is 1. The molecule has 4 atom stereocenters. The van der Waals surface area contributed by atoms with E-state index in [0.717, 1.165) is 50.8 Å². The summed E-state index contributed by atoms with van der Waals surface area (Å²) in [5, 5.41) is 0. The van der Waals surface area contributed by atoms with Gasteiger partial charge in [-0.3, -0.25) is 14.3 Å². The summed E-state index contributed by atoms with van der Waals surface area (Å²) in [6.07, 6.45) is 9.55. The minimum Gasteiger partial charge on any atom is -0.379 e. The van der Waals surface area contributed by atoms with E-state index in [1.54, 1.807) is 0 Å². The molecule has 2 aliphatic rings. The topological polar surface area (TPSA) is 76.1 Å². The predicted octanol–water partition coefficient (Wildman–Crippen LogP) is 5.94. The number of benzene rings is 2. The smallest absolute Gasteiger partial charge is 0.197 e. The first-order valence-corrected chi connectivity index (χ1v) is 16.2. The van der Waals surface area contributed by atoms with E-state index in [0.29, 0.717) is 38.2 Å². The Morgan fingerprint density at radius 2 is 1.68 bits per heavy atom. The summed E-state index contributed by atoms with van der Waals surface area (Å²) >= 11 is 0. The SMILES string of the molecule is CP(=O)(O)CCCC/C=C/CCC1C(OCc2ccc(-c3ccccc3)cc2)CC(=O)C1N1CCOCC1. The van der Waals surface area contributed by atoms with Crippen LogP contribution in [0, 0.1) is 5.92 Å². The van der Waals surface area contributed by atoms with E-state index in [-0.39, 0.29) is 18.1 Å². The molecular weight excluding hydrogens is 497 g/mol. The fourth-order valence-electron chi connectivity index (χ4n) is 5.59. The molecule has 4 unspecified atom stereocenters. The molecule has 206 valence electrons. The van der Waals surface area contributed by atoms with Crippen LogP contribution in [-0.4, -0.2) is 66.9 Å². The molecule has 1 saturated heterocycles. The van der Waals surface area contributed by atoms with Gasteiger partial charge in [-0.05, 0) is 48.8 Å². The Balaban J connectivity index is 1.33. The van der Waals surface area contributed by atoms with Crippen molar-refractivity contribution >= 4 is 13.2 Å². The Bertz CT molecular complexity index is 1080. The van der Waals surface area contributed by atoms with Crippen molar-refractivity contribution in [3.05, 3.63) is 72.3 Å². The number of carbonyl (C=O) groups is 1. The average molecular weight is 540 g/mol. The maximum Gasteiger partial charge on any atom is 0.197 e. The van der Waals surface area contributed by atoms with Gasteiger partial charge < -0.3 is 14.4 Å². The maximum absolute atomic E-state index is 13.2. The Labute approximate surface area is 227 Å². The van der Waals surface area contributed by atoms with Gasteiger partial charge in [-0.15, -0.1) is 0 Å². The molecule has 6 nitrogen and oxygen atoms in total. The second-order valence-electron chi connectivity index (χ2n) is 10.7. The Hall–Kier alpha value is -2.08. The standard InChI is InChI=1S/C31H42NO5P/c1-38(34,35)22-10-5-3-2-4-9-13-28-30(23-29(33)31(28)32-18-20-36-21-19-32)37-24-25-14-16-27(17-15-25)26-11-7-6-8-12-26/h2,4,6-8,11-12,14-17,28,30-31H,3,5,9-10,13,18-24H2,1H3,(H,34,35)/b4-2+. The molecule has 4 rings (SSSR count). The lowest BCUT2D eigenvalue weighted by Gasteiger charge is -2.35. The van der Waals surface area contributed by atoms with Crippen LogP contribution in [0.25, 0.3) is 11.1 Å². The predicted molar refractivity (Wildman–Crippen MR) is 153 cm³/mol. The van der Waals surface area contributed by atoms with E-state index in [4.69, 9.17) is 9.47 Å². The third-order valence-electron chi connectivity index (χ3n) is 7.61. The summed E-state index contributed by atoms with van der Waals surface area (Å²) in [7, 11) is -2.90. The normalized spacial score (nSPS) is 24.2. The number of rotatable bonds is 13. The van der Waals surface area contributed by atoms with Crippen LogP contribution in [0.2, 0.25) is 0 Å². The summed E-state index contributed by atoms with van der Waals surface area (Å²) in [6.45, 7) is 4.86. The molecule has 2 aromatic carbocycles. The van der Waals surface area contributed by atoms with Gasteiger partial charge in [0.25, 0.3) is 0 Å². The molecule has 0 bridgehead atoms. The van der Waals surface area contributed by atoms with Crippen LogP contribution in [0.15, 0.2) is 66.7 Å². The largest absolute Gasteiger partial charge is 0.379 e. The molecule has 1 aliphatic heterocycles. The van der Waals surface area contributed by atoms with E-state index < -0.39 is 7.37 Å². The van der Waals surface area contributed by atoms with Crippen LogP contribution in [0.1, 0.15) is 44.1 Å². The lowest BCUT2D eigenvalue weighted by Crippen LogP contribution is -2.49. The van der Waals surface area contributed by atoms with E-state index in [1.807, 2.05) is 18.2 Å². The highest BCUT2D eigenvalue weighted by Gasteiger charge is 2.45. The lowest BCUT2D eigenvalue weighted by molar-refractivity contribution is -0.124. The molecule has 2 fully saturated rings. The molecule has 7 heteroatoms. The zero-order valence-electron chi connectivity index (χ0n) is 22.5. The molecule has 2 aromatic rings. The van der Waals surface area contributed by atoms with Crippen molar-refractivity contribution in [1.29, 1.82) is 0 Å². The van der Waals surface area contributed by atoms with Gasteiger partial charge in [-0.1, -0.05) is 66.7 Å². The van der Waals surface area contributed by atoms with Gasteiger partial charge in [0.05, 0.1) is 32.0 Å². The van der Waals surface area contributed by atoms with Gasteiger partial charge in [-0.2, -0.15) is 0 Å². The quantitative estimate of drug-likeness (QED) is 0.193. The summed E-state index contributed by atoms with van der Waals surface area (Å²) < 4.78 is 23.4. The Morgan fingerprint density at radius 3 is 2.39 bits per heavy atom. The van der Waals surface area contributed by atoms with Crippen molar-refractivity contribution in [2.45, 2.75) is 57.3 Å². The van der Waals surface area contributed by atoms with E-state index in [2.05, 4.69) is 53.5 Å². The molecule has 1 N–H and O–H groups in total. The first-order chi connectivity index (χ1) is 18.4. The molecule has 0 spiro atoms. The summed E-state index contributed by atoms with van der Waals surface area (Å²) in [5.41, 5.74) is 3.49. The minimum absolute atomic E-state index is 0.0826. The van der Waals surface area contributed by atoms with Gasteiger partial charge in [0.2, 0.25) is 0 Å². The minimum atomic E-state index is -2.90. The highest BCUT2D eigenvalue weighted by molar-refractivity contribution is 7.57. The lowest BCUT2D eigenvalue weighted by atomic mass is 9.93. The van der Waals surface area contributed by atoms with E-state index in [9.17, 15) is 14.3 Å². The summed E-state index contributed by atoms with van der Waals surface area (Å²) in [6, 6.07) is 18.7. The van der Waals surface area contributed by atoms with Gasteiger partial charge in [0.1, 0.15) is 0 Å². The third-order valence-corrected chi connectivity index (χ3v) is 8.75. The van der Waals surface area contributed by atoms with E-state index >= 15 is 0 Å². The number of allylic oxidation sites excluding steroid dienone is 2. The van der Waals surface area contributed by atoms with Crippen molar-refractivity contribution in [2.75, 3.05) is 39.1 Å². The number of nitrogens with zero attached hydrogens (tertiary/aromatic N) is 1. The van der Waals surface area contributed by atoms with Crippen molar-refractivity contribution in [1.82, 2.24) is 4.90 Å². The maximum atomic E-state index is 13.2. The van der Waals surface area contributed by atoms with Crippen molar-refractivity contribution in [3.8, 4) is 11.1 Å². The summed E-state index contributed by atoms with van der Waals surface area (Å²) in [5.74, 6) is 0.451. The van der Waals surface area contributed by atoms with Gasteiger partial charge in [0.15, 0.2) is 13.2 Å². The molecule has 0 aromatic heterocycles. The molecule has 38 heavy (non-hydrogen) atoms. The van der Waals surface area contributed by atoms with Crippen LogP contribution in [-0.2, 0) is 25.4 Å². The number of ketones is 1. The van der Waals surface area contributed by atoms with Crippen molar-refractivity contribution < 1.29 is 23.7 Å². The Kier molecular flexibility index (Phi) is 10.9. The molecule has 1 heterocycles. The zero-order chi connectivity index (χ0) is 26.8. The third kappa shape index (κ3) is 8.72. The van der Waals surface area contributed by atoms with E-state index in [1.165, 1.54) is 17.8 Å². The van der Waals surface area contributed by atoms with Gasteiger partial charge in [-0.25, -0.2) is 0 Å². The number of ether oxygens (including phenoxy) is 2. The zero-order valence-corrected chi connectivity index (χ0v) is 23.4. The van der Waals surface area contributed by atoms with Gasteiger partial charge in [0, 0.05) is 38.3 Å². The fraction of sp³-hybridized carbons (Fsp3) is 0.516. The average Bonchev–Trinajstić information content (AvgIpc) is 3.24. The molecule has 1 aliphatic carbocycles. The second kappa shape index (κ2) is 14.3. The van der Waals surface area contributed by atoms with Gasteiger partial charge >= 0.3 is 0 Å². The van der Waals surface area contributed by atoms with Crippen LogP contribution < -0.4 is 0 Å². The fourth-order valence-corrected chi connectivity index (χ4v) is 6.40. The molecule has 0 amide bonds. The monoisotopic (exact) mass is 539 g/mol. The van der Waals surface area contributed by atoms with Crippen molar-refractivity contribution in [2.24, 2.45) is 5.92 Å². The second-order valence-corrected chi connectivity index (χ2v) is 13.2. The first kappa shape index (κ1) is 28.9. The number of Topliss-reactive ketones (excluding diaryl/α,β-unsaturated/α-hetero) is 1. The molecular formula is C31H42NO5P. The van der Waals surface area contributed by atoms with Crippen LogP contribution in [0.4, 0.5) is 0 Å². The Morgan fingerprint density at radius 1 is 1.00 bits per heavy atom. The molecule has 0 radical (unpaired) electrons. The van der Waals surface area contributed by atoms with Crippen LogP contribution >= 0.6 is 7.37 Å². The highest BCUT2D eigenvalue weighted by atomic mass is 31.2. The number of unbranched alkanes of at least 4 members (excludes halogenated alkanes) is 2. The number of carbonyl (C=O) groups excluding carboxylic acids is 1. The number of hydrogen-bond donors (Lipinski definition) is 1. The highest BCUT2D eigenvalue weighted by Crippen LogP contribution is 2.36. The molecule has 1 saturated carbocycles. The summed E-state index contributed by atoms with van der Waals surface area (Å²) in [4.78, 5) is 24.9. The number of hydrogen-bond acceptors (Lipinski definition) is 5.